The molecule has 6 heteroatoms. The molecular formula is C15H19N5O. The summed E-state index contributed by atoms with van der Waals surface area (Å²) in [4.78, 5) is 20.3. The lowest BCUT2D eigenvalue weighted by Gasteiger charge is -2.23. The number of aryl methyl sites for hydroxylation is 2. The van der Waals surface area contributed by atoms with Crippen LogP contribution in [0.25, 0.3) is 0 Å². The van der Waals surface area contributed by atoms with Gasteiger partial charge in [0, 0.05) is 49.5 Å². The molecule has 1 aliphatic rings. The van der Waals surface area contributed by atoms with Crippen molar-refractivity contribution in [1.29, 1.82) is 0 Å². The van der Waals surface area contributed by atoms with Gasteiger partial charge < -0.3 is 15.2 Å². The maximum atomic E-state index is 11.9. The predicted octanol–water partition coefficient (Wildman–Crippen LogP) is 1.97. The molecule has 3 heterocycles. The Morgan fingerprint density at radius 2 is 2.33 bits per heavy atom. The number of nitrogens with zero attached hydrogens (tertiary/aromatic N) is 3. The number of fused-ring (bicyclic) bond motifs is 1. The number of hydrogen-bond donors (Lipinski definition) is 2. The van der Waals surface area contributed by atoms with E-state index in [4.69, 9.17) is 0 Å². The first-order valence-corrected chi connectivity index (χ1v) is 7.18. The number of nitrogens with one attached hydrogen (secondary N) is 2. The van der Waals surface area contributed by atoms with Crippen LogP contribution in [0.15, 0.2) is 30.7 Å². The molecule has 0 unspecified atom stereocenters. The Hall–Kier alpha value is -2.37. The molecule has 1 atom stereocenters. The minimum Gasteiger partial charge on any atom is -0.338 e. The molecule has 6 nitrogen and oxygen atoms in total. The fraction of sp³-hybridized carbons (Fsp3) is 0.400. The topological polar surface area (TPSA) is 71.8 Å². The standard InChI is InChI=1S/C15H19N5O/c1-11-8-13(2-4-16-11)19-15(21)18-10-12-3-6-20-7-5-17-14(20)9-12/h2,4-5,7-8,12H,3,6,9-10H2,1H3,(H2,16,18,19,21)/t12-/m0/s1. The highest BCUT2D eigenvalue weighted by molar-refractivity contribution is 5.89. The number of pyridine rings is 1. The van der Waals surface area contributed by atoms with Crippen molar-refractivity contribution in [3.05, 3.63) is 42.2 Å². The molecule has 0 saturated heterocycles. The summed E-state index contributed by atoms with van der Waals surface area (Å²) < 4.78 is 2.18. The Bertz CT molecular complexity index is 636. The fourth-order valence-corrected chi connectivity index (χ4v) is 2.63. The molecule has 2 N–H and O–H groups in total. The number of rotatable bonds is 3. The van der Waals surface area contributed by atoms with Crippen molar-refractivity contribution in [1.82, 2.24) is 19.9 Å². The van der Waals surface area contributed by atoms with E-state index in [-0.39, 0.29) is 6.03 Å². The van der Waals surface area contributed by atoms with Gasteiger partial charge in [0.05, 0.1) is 0 Å². The molecule has 0 saturated carbocycles. The number of aromatic nitrogens is 3. The second kappa shape index (κ2) is 5.95. The summed E-state index contributed by atoms with van der Waals surface area (Å²) in [6.07, 6.45) is 7.52. The van der Waals surface area contributed by atoms with Gasteiger partial charge in [0.15, 0.2) is 0 Å². The number of hydrogen-bond acceptors (Lipinski definition) is 3. The van der Waals surface area contributed by atoms with E-state index in [9.17, 15) is 4.79 Å². The van der Waals surface area contributed by atoms with Gasteiger partial charge in [-0.15, -0.1) is 0 Å². The zero-order chi connectivity index (χ0) is 14.7. The van der Waals surface area contributed by atoms with Crippen LogP contribution in [0, 0.1) is 12.8 Å². The van der Waals surface area contributed by atoms with Crippen molar-refractivity contribution in [2.24, 2.45) is 5.92 Å². The molecule has 2 amide bonds. The van der Waals surface area contributed by atoms with E-state index in [1.807, 2.05) is 25.4 Å². The zero-order valence-corrected chi connectivity index (χ0v) is 12.0. The minimum atomic E-state index is -0.172. The summed E-state index contributed by atoms with van der Waals surface area (Å²) in [5, 5.41) is 5.76. The molecule has 0 spiro atoms. The van der Waals surface area contributed by atoms with Gasteiger partial charge in [0.25, 0.3) is 0 Å². The third kappa shape index (κ3) is 3.39. The Morgan fingerprint density at radius 3 is 3.19 bits per heavy atom. The van der Waals surface area contributed by atoms with Crippen molar-refractivity contribution in [2.45, 2.75) is 26.3 Å². The quantitative estimate of drug-likeness (QED) is 0.905. The maximum absolute atomic E-state index is 11.9. The monoisotopic (exact) mass is 285 g/mol. The van der Waals surface area contributed by atoms with Crippen LogP contribution in [0.1, 0.15) is 17.9 Å². The molecule has 0 aliphatic carbocycles. The number of anilines is 1. The number of amides is 2. The molecule has 2 aromatic rings. The highest BCUT2D eigenvalue weighted by atomic mass is 16.2. The van der Waals surface area contributed by atoms with Crippen LogP contribution >= 0.6 is 0 Å². The molecular weight excluding hydrogens is 266 g/mol. The lowest BCUT2D eigenvalue weighted by molar-refractivity contribution is 0.248. The first-order valence-electron chi connectivity index (χ1n) is 7.18. The Labute approximate surface area is 123 Å². The summed E-state index contributed by atoms with van der Waals surface area (Å²) in [5.74, 6) is 1.56. The number of carbonyl (C=O) groups excluding carboxylic acids is 1. The van der Waals surface area contributed by atoms with Crippen LogP contribution in [0.2, 0.25) is 0 Å². The fourth-order valence-electron chi connectivity index (χ4n) is 2.63. The number of urea groups is 1. The van der Waals surface area contributed by atoms with Gasteiger partial charge in [-0.05, 0) is 31.4 Å². The zero-order valence-electron chi connectivity index (χ0n) is 12.0. The van der Waals surface area contributed by atoms with Crippen LogP contribution in [-0.2, 0) is 13.0 Å². The van der Waals surface area contributed by atoms with Crippen molar-refractivity contribution in [3.63, 3.8) is 0 Å². The molecule has 1 aliphatic heterocycles. The van der Waals surface area contributed by atoms with E-state index in [0.717, 1.165) is 36.6 Å². The van der Waals surface area contributed by atoms with Crippen molar-refractivity contribution in [2.75, 3.05) is 11.9 Å². The van der Waals surface area contributed by atoms with E-state index in [0.29, 0.717) is 12.5 Å². The molecule has 2 aromatic heterocycles. The maximum Gasteiger partial charge on any atom is 0.319 e. The van der Waals surface area contributed by atoms with Gasteiger partial charge in [-0.1, -0.05) is 0 Å². The molecule has 0 radical (unpaired) electrons. The van der Waals surface area contributed by atoms with Gasteiger partial charge in [0.2, 0.25) is 0 Å². The molecule has 21 heavy (non-hydrogen) atoms. The third-order valence-corrected chi connectivity index (χ3v) is 3.76. The second-order valence-electron chi connectivity index (χ2n) is 5.42. The Kier molecular flexibility index (Phi) is 3.85. The summed E-state index contributed by atoms with van der Waals surface area (Å²) in [6, 6.07) is 3.45. The summed E-state index contributed by atoms with van der Waals surface area (Å²) in [5.41, 5.74) is 1.64. The summed E-state index contributed by atoms with van der Waals surface area (Å²) in [6.45, 7) is 3.54. The van der Waals surface area contributed by atoms with Crippen molar-refractivity contribution >= 4 is 11.7 Å². The Morgan fingerprint density at radius 1 is 1.43 bits per heavy atom. The average Bonchev–Trinajstić information content (AvgIpc) is 2.92. The van der Waals surface area contributed by atoms with Crippen LogP contribution < -0.4 is 10.6 Å². The Balaban J connectivity index is 1.48. The van der Waals surface area contributed by atoms with E-state index in [1.165, 1.54) is 0 Å². The van der Waals surface area contributed by atoms with E-state index in [2.05, 4.69) is 25.2 Å². The van der Waals surface area contributed by atoms with E-state index >= 15 is 0 Å². The van der Waals surface area contributed by atoms with Crippen LogP contribution in [-0.4, -0.2) is 27.1 Å². The summed E-state index contributed by atoms with van der Waals surface area (Å²) in [7, 11) is 0. The number of imidazole rings is 1. The van der Waals surface area contributed by atoms with Gasteiger partial charge in [-0.25, -0.2) is 9.78 Å². The highest BCUT2D eigenvalue weighted by Crippen LogP contribution is 2.18. The highest BCUT2D eigenvalue weighted by Gasteiger charge is 2.19. The third-order valence-electron chi connectivity index (χ3n) is 3.76. The van der Waals surface area contributed by atoms with Crippen molar-refractivity contribution in [3.8, 4) is 0 Å². The van der Waals surface area contributed by atoms with Gasteiger partial charge >= 0.3 is 6.03 Å². The first kappa shape index (κ1) is 13.6. The molecule has 3 rings (SSSR count). The van der Waals surface area contributed by atoms with Gasteiger partial charge in [-0.3, -0.25) is 4.98 Å². The SMILES string of the molecule is Cc1cc(NC(=O)NC[C@H]2CCn3ccnc3C2)ccn1. The van der Waals surface area contributed by atoms with Gasteiger partial charge in [-0.2, -0.15) is 0 Å². The number of carbonyl (C=O) groups is 1. The van der Waals surface area contributed by atoms with E-state index < -0.39 is 0 Å². The van der Waals surface area contributed by atoms with Crippen LogP contribution in [0.5, 0.6) is 0 Å². The van der Waals surface area contributed by atoms with Crippen LogP contribution in [0.3, 0.4) is 0 Å². The lowest BCUT2D eigenvalue weighted by Crippen LogP contribution is -2.35. The smallest absolute Gasteiger partial charge is 0.319 e. The lowest BCUT2D eigenvalue weighted by atomic mass is 9.98. The molecule has 110 valence electrons. The second-order valence-corrected chi connectivity index (χ2v) is 5.42. The normalized spacial score (nSPS) is 17.1. The minimum absolute atomic E-state index is 0.172. The van der Waals surface area contributed by atoms with Crippen molar-refractivity contribution < 1.29 is 4.79 Å². The molecule has 0 bridgehead atoms. The van der Waals surface area contributed by atoms with E-state index in [1.54, 1.807) is 12.3 Å². The molecule has 0 aromatic carbocycles. The van der Waals surface area contributed by atoms with Crippen LogP contribution in [0.4, 0.5) is 10.5 Å². The molecule has 0 fully saturated rings. The largest absolute Gasteiger partial charge is 0.338 e. The summed E-state index contributed by atoms with van der Waals surface area (Å²) >= 11 is 0. The van der Waals surface area contributed by atoms with Gasteiger partial charge in [0.1, 0.15) is 5.82 Å². The first-order chi connectivity index (χ1) is 10.2. The predicted molar refractivity (Wildman–Crippen MR) is 80.0 cm³/mol. The average molecular weight is 285 g/mol.